The average molecular weight is 614 g/mol. The Morgan fingerprint density at radius 1 is 0.930 bits per heavy atom. The average Bonchev–Trinajstić information content (AvgIpc) is 3.00. The Labute approximate surface area is 253 Å². The van der Waals surface area contributed by atoms with Crippen LogP contribution < -0.4 is 19.1 Å². The number of ether oxygens (including phenoxy) is 2. The Bertz CT molecular complexity index is 1480. The number of unbranched alkanes of at least 4 members (excludes halogenated alkanes) is 1. The molecule has 0 saturated carbocycles. The predicted molar refractivity (Wildman–Crippen MR) is 164 cm³/mol. The number of hydrogen-bond acceptors (Lipinski definition) is 6. The van der Waals surface area contributed by atoms with E-state index in [1.807, 2.05) is 38.1 Å². The van der Waals surface area contributed by atoms with Gasteiger partial charge in [0.2, 0.25) is 11.8 Å². The molecule has 0 heterocycles. The van der Waals surface area contributed by atoms with Gasteiger partial charge in [-0.15, -0.1) is 0 Å². The quantitative estimate of drug-likeness (QED) is 0.240. The first-order valence-corrected chi connectivity index (χ1v) is 15.6. The Hall–Kier alpha value is -4.12. The van der Waals surface area contributed by atoms with Crippen LogP contribution in [-0.4, -0.2) is 58.5 Å². The molecule has 9 nitrogen and oxygen atoms in total. The maximum Gasteiger partial charge on any atom is 0.264 e. The number of anilines is 1. The summed E-state index contributed by atoms with van der Waals surface area (Å²) in [5.41, 5.74) is 1.91. The van der Waals surface area contributed by atoms with E-state index < -0.39 is 34.3 Å². The van der Waals surface area contributed by atoms with Gasteiger partial charge in [-0.1, -0.05) is 50.1 Å². The lowest BCUT2D eigenvalue weighted by atomic mass is 10.1. The zero-order chi connectivity index (χ0) is 31.6. The van der Waals surface area contributed by atoms with Crippen LogP contribution >= 0.6 is 0 Å². The van der Waals surface area contributed by atoms with Crippen LogP contribution in [0.4, 0.5) is 10.1 Å². The summed E-state index contributed by atoms with van der Waals surface area (Å²) in [4.78, 5) is 28.7. The van der Waals surface area contributed by atoms with Crippen LogP contribution in [0.3, 0.4) is 0 Å². The third-order valence-electron chi connectivity index (χ3n) is 7.03. The molecular weight excluding hydrogens is 573 g/mol. The molecule has 3 rings (SSSR count). The number of amides is 2. The van der Waals surface area contributed by atoms with Crippen LogP contribution in [0.2, 0.25) is 0 Å². The molecule has 3 aromatic carbocycles. The second kappa shape index (κ2) is 15.4. The van der Waals surface area contributed by atoms with Gasteiger partial charge >= 0.3 is 0 Å². The van der Waals surface area contributed by atoms with Crippen molar-refractivity contribution >= 4 is 27.5 Å². The van der Waals surface area contributed by atoms with Crippen molar-refractivity contribution in [2.24, 2.45) is 0 Å². The fourth-order valence-corrected chi connectivity index (χ4v) is 5.99. The van der Waals surface area contributed by atoms with E-state index in [-0.39, 0.29) is 28.8 Å². The molecule has 0 aliphatic heterocycles. The van der Waals surface area contributed by atoms with Crippen molar-refractivity contribution < 1.29 is 31.9 Å². The number of halogens is 1. The summed E-state index contributed by atoms with van der Waals surface area (Å²) >= 11 is 0. The van der Waals surface area contributed by atoms with Crippen molar-refractivity contribution in [2.45, 2.75) is 57.5 Å². The molecule has 0 aliphatic carbocycles. The third-order valence-corrected chi connectivity index (χ3v) is 8.80. The molecule has 0 radical (unpaired) electrons. The summed E-state index contributed by atoms with van der Waals surface area (Å²) in [5, 5.41) is 2.90. The topological polar surface area (TPSA) is 105 Å². The van der Waals surface area contributed by atoms with Gasteiger partial charge in [0.1, 0.15) is 18.4 Å². The summed E-state index contributed by atoms with van der Waals surface area (Å²) < 4.78 is 53.5. The van der Waals surface area contributed by atoms with Gasteiger partial charge in [0.05, 0.1) is 24.8 Å². The molecule has 1 N–H and O–H groups in total. The normalized spacial score (nSPS) is 11.9. The van der Waals surface area contributed by atoms with E-state index in [1.54, 1.807) is 6.92 Å². The molecule has 0 aliphatic rings. The number of methoxy groups -OCH3 is 2. The van der Waals surface area contributed by atoms with Gasteiger partial charge in [-0.25, -0.2) is 12.8 Å². The van der Waals surface area contributed by atoms with Crippen LogP contribution in [0.15, 0.2) is 71.6 Å². The number of aryl methyl sites for hydroxylation is 1. The summed E-state index contributed by atoms with van der Waals surface area (Å²) in [5.74, 6) is -0.951. The molecule has 11 heteroatoms. The molecule has 43 heavy (non-hydrogen) atoms. The number of sulfonamides is 1. The van der Waals surface area contributed by atoms with Crippen molar-refractivity contribution in [1.82, 2.24) is 10.2 Å². The highest BCUT2D eigenvalue weighted by Gasteiger charge is 2.34. The lowest BCUT2D eigenvalue weighted by Gasteiger charge is -2.33. The number of hydrogen-bond donors (Lipinski definition) is 1. The number of benzene rings is 3. The van der Waals surface area contributed by atoms with E-state index in [2.05, 4.69) is 5.32 Å². The Kier molecular flexibility index (Phi) is 11.9. The Morgan fingerprint density at radius 2 is 1.58 bits per heavy atom. The van der Waals surface area contributed by atoms with Crippen molar-refractivity contribution in [3.8, 4) is 11.5 Å². The van der Waals surface area contributed by atoms with E-state index in [0.717, 1.165) is 40.4 Å². The van der Waals surface area contributed by atoms with Gasteiger partial charge < -0.3 is 19.7 Å². The number of carbonyl (C=O) groups excluding carboxylic acids is 2. The maximum absolute atomic E-state index is 14.1. The minimum atomic E-state index is -4.37. The lowest BCUT2D eigenvalue weighted by Crippen LogP contribution is -2.52. The van der Waals surface area contributed by atoms with E-state index in [0.29, 0.717) is 18.7 Å². The predicted octanol–water partition coefficient (Wildman–Crippen LogP) is 5.07. The zero-order valence-corrected chi connectivity index (χ0v) is 26.1. The van der Waals surface area contributed by atoms with Crippen molar-refractivity contribution in [3.05, 3.63) is 83.7 Å². The number of carbonyl (C=O) groups is 2. The largest absolute Gasteiger partial charge is 0.493 e. The van der Waals surface area contributed by atoms with Crippen molar-refractivity contribution in [2.75, 3.05) is 31.6 Å². The van der Waals surface area contributed by atoms with E-state index in [4.69, 9.17) is 9.47 Å². The van der Waals surface area contributed by atoms with Crippen molar-refractivity contribution in [3.63, 3.8) is 0 Å². The highest BCUT2D eigenvalue weighted by Crippen LogP contribution is 2.32. The molecule has 232 valence electrons. The molecule has 0 fully saturated rings. The van der Waals surface area contributed by atoms with Crippen molar-refractivity contribution in [1.29, 1.82) is 0 Å². The van der Waals surface area contributed by atoms with Crippen LogP contribution in [0, 0.1) is 12.7 Å². The van der Waals surface area contributed by atoms with Gasteiger partial charge in [0.15, 0.2) is 11.5 Å². The second-order valence-electron chi connectivity index (χ2n) is 10.1. The van der Waals surface area contributed by atoms with Gasteiger partial charge in [-0.2, -0.15) is 0 Å². The molecule has 0 unspecified atom stereocenters. The van der Waals surface area contributed by atoms with Gasteiger partial charge in [0, 0.05) is 19.2 Å². The maximum atomic E-state index is 14.1. The van der Waals surface area contributed by atoms with Gasteiger partial charge in [-0.05, 0) is 61.7 Å². The first kappa shape index (κ1) is 33.4. The Balaban J connectivity index is 2.06. The third kappa shape index (κ3) is 8.47. The van der Waals surface area contributed by atoms with E-state index >= 15 is 0 Å². The monoisotopic (exact) mass is 613 g/mol. The SMILES string of the molecule is CCCCNC(=O)[C@H](CC)N(Cc1ccc(C)cc1)C(=O)CN(c1ccc(F)cc1)S(=O)(=O)c1ccc(OC)c(OC)c1. The molecule has 3 aromatic rings. The molecular formula is C32H40FN3O6S. The summed E-state index contributed by atoms with van der Waals surface area (Å²) in [7, 11) is -1.56. The fourth-order valence-electron chi connectivity index (χ4n) is 4.56. The second-order valence-corrected chi connectivity index (χ2v) is 11.9. The van der Waals surface area contributed by atoms with Crippen LogP contribution in [0.5, 0.6) is 11.5 Å². The minimum Gasteiger partial charge on any atom is -0.493 e. The van der Waals surface area contributed by atoms with Gasteiger partial charge in [-0.3, -0.25) is 13.9 Å². The van der Waals surface area contributed by atoms with Crippen LogP contribution in [0.1, 0.15) is 44.2 Å². The van der Waals surface area contributed by atoms with Gasteiger partial charge in [0.25, 0.3) is 10.0 Å². The Morgan fingerprint density at radius 3 is 2.16 bits per heavy atom. The van der Waals surface area contributed by atoms with E-state index in [1.165, 1.54) is 49.5 Å². The first-order chi connectivity index (χ1) is 20.5. The number of nitrogens with one attached hydrogen (secondary N) is 1. The number of rotatable bonds is 15. The van der Waals surface area contributed by atoms with E-state index in [9.17, 15) is 22.4 Å². The summed E-state index contributed by atoms with van der Waals surface area (Å²) in [6.45, 7) is 5.69. The molecule has 0 bridgehead atoms. The highest BCUT2D eigenvalue weighted by molar-refractivity contribution is 7.92. The summed E-state index contributed by atoms with van der Waals surface area (Å²) in [6, 6.07) is 15.6. The number of nitrogens with zero attached hydrogens (tertiary/aromatic N) is 2. The van der Waals surface area contributed by atoms with Crippen LogP contribution in [0.25, 0.3) is 0 Å². The summed E-state index contributed by atoms with van der Waals surface area (Å²) in [6.07, 6.45) is 1.99. The molecule has 1 atom stereocenters. The highest BCUT2D eigenvalue weighted by atomic mass is 32.2. The fraction of sp³-hybridized carbons (Fsp3) is 0.375. The minimum absolute atomic E-state index is 0.0836. The molecule has 2 amide bonds. The smallest absolute Gasteiger partial charge is 0.264 e. The molecule has 0 saturated heterocycles. The molecule has 0 aromatic heterocycles. The standard InChI is InChI=1S/C32H40FN3O6S/c1-6-8-19-34-32(38)28(7-2)35(21-24-11-9-23(3)10-12-24)31(37)22-36(26-15-13-25(33)14-16-26)43(39,40)27-17-18-29(41-4)30(20-27)42-5/h9-18,20,28H,6-8,19,21-22H2,1-5H3,(H,34,38)/t28-/m0/s1. The lowest BCUT2D eigenvalue weighted by molar-refractivity contribution is -0.140. The molecule has 0 spiro atoms. The van der Waals surface area contributed by atoms with Crippen LogP contribution in [-0.2, 0) is 26.2 Å². The zero-order valence-electron chi connectivity index (χ0n) is 25.3. The first-order valence-electron chi connectivity index (χ1n) is 14.2.